The monoisotopic (exact) mass is 249 g/mol. The number of thiophene rings is 1. The molecule has 0 atom stereocenters. The molecule has 0 radical (unpaired) electrons. The van der Waals surface area contributed by atoms with Crippen molar-refractivity contribution in [2.24, 2.45) is 0 Å². The number of nitrogens with one attached hydrogen (secondary N) is 1. The Bertz CT molecular complexity index is 485. The Morgan fingerprint density at radius 2 is 2.18 bits per heavy atom. The minimum absolute atomic E-state index is 0.857. The molecule has 0 fully saturated rings. The first-order valence-electron chi connectivity index (χ1n) is 6.00. The van der Waals surface area contributed by atoms with Gasteiger partial charge in [0.2, 0.25) is 5.95 Å². The molecule has 17 heavy (non-hydrogen) atoms. The number of hydrogen-bond donors (Lipinski definition) is 1. The number of rotatable bonds is 5. The van der Waals surface area contributed by atoms with E-state index in [1.807, 2.05) is 6.92 Å². The maximum atomic E-state index is 4.51. The van der Waals surface area contributed by atoms with Gasteiger partial charge in [0.25, 0.3) is 0 Å². The quantitative estimate of drug-likeness (QED) is 0.877. The Morgan fingerprint density at radius 3 is 2.82 bits per heavy atom. The van der Waals surface area contributed by atoms with Crippen molar-refractivity contribution in [1.29, 1.82) is 0 Å². The molecule has 0 aliphatic rings. The zero-order chi connectivity index (χ0) is 12.3. The zero-order valence-electron chi connectivity index (χ0n) is 10.7. The molecule has 0 saturated heterocycles. The average molecular weight is 249 g/mol. The summed E-state index contributed by atoms with van der Waals surface area (Å²) in [6.45, 7) is 8.24. The molecule has 3 nitrogen and oxygen atoms in total. The summed E-state index contributed by atoms with van der Waals surface area (Å²) in [5, 5.41) is 7.80. The third-order valence-electron chi connectivity index (χ3n) is 2.76. The molecule has 92 valence electrons. The summed E-state index contributed by atoms with van der Waals surface area (Å²) in [4.78, 5) is 4.51. The van der Waals surface area contributed by atoms with E-state index < -0.39 is 0 Å². The fraction of sp³-hybridized carbons (Fsp3) is 0.462. The second-order valence-electron chi connectivity index (χ2n) is 4.33. The van der Waals surface area contributed by atoms with Gasteiger partial charge in [0, 0.05) is 19.3 Å². The predicted molar refractivity (Wildman–Crippen MR) is 73.6 cm³/mol. The molecule has 0 bridgehead atoms. The second kappa shape index (κ2) is 5.36. The van der Waals surface area contributed by atoms with E-state index in [0.717, 1.165) is 31.2 Å². The van der Waals surface area contributed by atoms with E-state index in [2.05, 4.69) is 45.7 Å². The molecule has 0 unspecified atom stereocenters. The summed E-state index contributed by atoms with van der Waals surface area (Å²) in [5.74, 6) is 0.981. The summed E-state index contributed by atoms with van der Waals surface area (Å²) < 4.78 is 2.19. The Labute approximate surface area is 107 Å². The lowest BCUT2D eigenvalue weighted by Crippen LogP contribution is -2.07. The predicted octanol–water partition coefficient (Wildman–Crippen LogP) is 3.58. The molecule has 2 aromatic rings. The van der Waals surface area contributed by atoms with Gasteiger partial charge in [-0.3, -0.25) is 0 Å². The molecule has 0 spiro atoms. The first-order valence-corrected chi connectivity index (χ1v) is 6.94. The van der Waals surface area contributed by atoms with Crippen LogP contribution in [-0.4, -0.2) is 9.55 Å². The largest absolute Gasteiger partial charge is 0.352 e. The summed E-state index contributed by atoms with van der Waals surface area (Å²) in [6, 6.07) is 0. The van der Waals surface area contributed by atoms with Gasteiger partial charge in [0.1, 0.15) is 0 Å². The number of nitrogens with zero attached hydrogens (tertiary/aromatic N) is 2. The smallest absolute Gasteiger partial charge is 0.203 e. The molecule has 1 N–H and O–H groups in total. The van der Waals surface area contributed by atoms with Crippen molar-refractivity contribution in [1.82, 2.24) is 9.55 Å². The lowest BCUT2D eigenvalue weighted by molar-refractivity contribution is 0.681. The number of imidazole rings is 1. The third-order valence-corrected chi connectivity index (χ3v) is 3.67. The maximum Gasteiger partial charge on any atom is 0.203 e. The third kappa shape index (κ3) is 2.88. The van der Waals surface area contributed by atoms with Crippen molar-refractivity contribution in [2.75, 3.05) is 5.32 Å². The molecule has 0 amide bonds. The number of anilines is 1. The van der Waals surface area contributed by atoms with E-state index in [-0.39, 0.29) is 0 Å². The van der Waals surface area contributed by atoms with Crippen LogP contribution in [0.1, 0.15) is 30.2 Å². The molecule has 0 aliphatic heterocycles. The number of hydrogen-bond acceptors (Lipinski definition) is 3. The van der Waals surface area contributed by atoms with Gasteiger partial charge in [0.05, 0.1) is 5.69 Å². The summed E-state index contributed by atoms with van der Waals surface area (Å²) in [6.07, 6.45) is 3.23. The Hall–Kier alpha value is -1.29. The molecule has 0 saturated carbocycles. The van der Waals surface area contributed by atoms with Crippen LogP contribution < -0.4 is 5.32 Å². The van der Waals surface area contributed by atoms with Crippen molar-refractivity contribution < 1.29 is 0 Å². The normalized spacial score (nSPS) is 10.8. The molecular weight excluding hydrogens is 230 g/mol. The zero-order valence-corrected chi connectivity index (χ0v) is 11.5. The highest BCUT2D eigenvalue weighted by atomic mass is 32.1. The SMILES string of the molecule is CCCn1cc(C)nc1NCc1cscc1C. The summed E-state index contributed by atoms with van der Waals surface area (Å²) in [7, 11) is 0. The standard InChI is InChI=1S/C13H19N3S/c1-4-5-16-7-11(3)15-13(16)14-6-12-9-17-8-10(12)2/h7-9H,4-6H2,1-3H3,(H,14,15). The van der Waals surface area contributed by atoms with Crippen LogP contribution in [-0.2, 0) is 13.1 Å². The molecule has 2 heterocycles. The first-order chi connectivity index (χ1) is 8.20. The Morgan fingerprint density at radius 1 is 1.35 bits per heavy atom. The molecule has 4 heteroatoms. The summed E-state index contributed by atoms with van der Waals surface area (Å²) >= 11 is 1.75. The van der Waals surface area contributed by atoms with Crippen molar-refractivity contribution in [3.63, 3.8) is 0 Å². The average Bonchev–Trinajstić information content (AvgIpc) is 2.83. The van der Waals surface area contributed by atoms with Crippen molar-refractivity contribution >= 4 is 17.3 Å². The van der Waals surface area contributed by atoms with Crippen LogP contribution in [0.15, 0.2) is 17.0 Å². The van der Waals surface area contributed by atoms with E-state index in [1.165, 1.54) is 11.1 Å². The van der Waals surface area contributed by atoms with Crippen LogP contribution in [0.3, 0.4) is 0 Å². The number of aromatic nitrogens is 2. The summed E-state index contributed by atoms with van der Waals surface area (Å²) in [5.41, 5.74) is 3.79. The highest BCUT2D eigenvalue weighted by Gasteiger charge is 2.05. The minimum atomic E-state index is 0.857. The fourth-order valence-electron chi connectivity index (χ4n) is 1.84. The van der Waals surface area contributed by atoms with Crippen LogP contribution in [0.25, 0.3) is 0 Å². The van der Waals surface area contributed by atoms with Gasteiger partial charge in [-0.15, -0.1) is 0 Å². The van der Waals surface area contributed by atoms with E-state index in [4.69, 9.17) is 0 Å². The van der Waals surface area contributed by atoms with Crippen LogP contribution in [0.4, 0.5) is 5.95 Å². The molecule has 0 aliphatic carbocycles. The minimum Gasteiger partial charge on any atom is -0.352 e. The topological polar surface area (TPSA) is 29.9 Å². The van der Waals surface area contributed by atoms with E-state index >= 15 is 0 Å². The van der Waals surface area contributed by atoms with Crippen LogP contribution in [0.2, 0.25) is 0 Å². The molecule has 2 rings (SSSR count). The van der Waals surface area contributed by atoms with E-state index in [0.29, 0.717) is 0 Å². The van der Waals surface area contributed by atoms with Crippen LogP contribution >= 0.6 is 11.3 Å². The molecule has 0 aromatic carbocycles. The van der Waals surface area contributed by atoms with E-state index in [1.54, 1.807) is 11.3 Å². The van der Waals surface area contributed by atoms with Crippen molar-refractivity contribution in [3.8, 4) is 0 Å². The van der Waals surface area contributed by atoms with Gasteiger partial charge in [-0.25, -0.2) is 4.98 Å². The first kappa shape index (κ1) is 12.2. The van der Waals surface area contributed by atoms with Crippen molar-refractivity contribution in [2.45, 2.75) is 40.3 Å². The molecular formula is C13H19N3S. The fourth-order valence-corrected chi connectivity index (χ4v) is 2.70. The second-order valence-corrected chi connectivity index (χ2v) is 5.08. The Balaban J connectivity index is 2.05. The van der Waals surface area contributed by atoms with E-state index in [9.17, 15) is 0 Å². The highest BCUT2D eigenvalue weighted by Crippen LogP contribution is 2.16. The van der Waals surface area contributed by atoms with Gasteiger partial charge in [-0.2, -0.15) is 11.3 Å². The Kier molecular flexibility index (Phi) is 3.84. The van der Waals surface area contributed by atoms with Crippen LogP contribution in [0.5, 0.6) is 0 Å². The van der Waals surface area contributed by atoms with Gasteiger partial charge in [-0.05, 0) is 42.2 Å². The van der Waals surface area contributed by atoms with Crippen LogP contribution in [0, 0.1) is 13.8 Å². The van der Waals surface area contributed by atoms with Gasteiger partial charge < -0.3 is 9.88 Å². The number of aryl methyl sites for hydroxylation is 3. The van der Waals surface area contributed by atoms with Gasteiger partial charge in [0.15, 0.2) is 0 Å². The van der Waals surface area contributed by atoms with Gasteiger partial charge >= 0.3 is 0 Å². The van der Waals surface area contributed by atoms with Gasteiger partial charge in [-0.1, -0.05) is 6.92 Å². The molecule has 2 aromatic heterocycles. The maximum absolute atomic E-state index is 4.51. The lowest BCUT2D eigenvalue weighted by Gasteiger charge is -2.08. The highest BCUT2D eigenvalue weighted by molar-refractivity contribution is 7.08. The lowest BCUT2D eigenvalue weighted by atomic mass is 10.2. The van der Waals surface area contributed by atoms with Crippen molar-refractivity contribution in [3.05, 3.63) is 33.8 Å².